The van der Waals surface area contributed by atoms with Gasteiger partial charge in [-0.25, -0.2) is 18.1 Å². The van der Waals surface area contributed by atoms with Gasteiger partial charge in [0.15, 0.2) is 5.13 Å². The number of nitrogen functional groups attached to an aromatic ring is 1. The molecule has 16 heavy (non-hydrogen) atoms. The fourth-order valence-corrected chi connectivity index (χ4v) is 3.28. The van der Waals surface area contributed by atoms with Crippen LogP contribution >= 0.6 is 11.3 Å². The number of rotatable bonds is 3. The molecule has 0 aliphatic heterocycles. The van der Waals surface area contributed by atoms with Gasteiger partial charge in [0.05, 0.1) is 15.1 Å². The van der Waals surface area contributed by atoms with Crippen LogP contribution < -0.4 is 10.5 Å². The molecule has 2 aromatic rings. The number of hydrogen-bond acceptors (Lipinski definition) is 5. The smallest absolute Gasteiger partial charge is 0.240 e. The van der Waals surface area contributed by atoms with E-state index in [0.29, 0.717) is 11.7 Å². The highest BCUT2D eigenvalue weighted by atomic mass is 32.2. The van der Waals surface area contributed by atoms with E-state index < -0.39 is 10.0 Å². The van der Waals surface area contributed by atoms with Crippen molar-refractivity contribution in [1.82, 2.24) is 9.71 Å². The molecule has 0 aliphatic rings. The Hall–Kier alpha value is -1.18. The fourth-order valence-electron chi connectivity index (χ4n) is 1.36. The molecule has 7 heteroatoms. The standard InChI is InChI=1S/C9H11N3O2S2/c1-2-11-16(13,14)6-3-4-7-8(5-6)15-9(10)12-7/h3-5,11H,2H2,1H3,(H2,10,12). The van der Waals surface area contributed by atoms with Gasteiger partial charge in [-0.15, -0.1) is 0 Å². The van der Waals surface area contributed by atoms with Crippen LogP contribution in [0.25, 0.3) is 10.2 Å². The Morgan fingerprint density at radius 1 is 1.50 bits per heavy atom. The third-order valence-electron chi connectivity index (χ3n) is 2.02. The number of hydrogen-bond donors (Lipinski definition) is 2. The first-order valence-electron chi connectivity index (χ1n) is 4.68. The topological polar surface area (TPSA) is 85.1 Å². The van der Waals surface area contributed by atoms with E-state index in [1.807, 2.05) is 0 Å². The summed E-state index contributed by atoms with van der Waals surface area (Å²) >= 11 is 1.27. The number of nitrogens with two attached hydrogens (primary N) is 1. The number of benzene rings is 1. The lowest BCUT2D eigenvalue weighted by molar-refractivity contribution is 0.584. The van der Waals surface area contributed by atoms with Gasteiger partial charge in [0, 0.05) is 6.54 Å². The van der Waals surface area contributed by atoms with Gasteiger partial charge in [0.1, 0.15) is 0 Å². The quantitative estimate of drug-likeness (QED) is 0.864. The van der Waals surface area contributed by atoms with Crippen molar-refractivity contribution in [1.29, 1.82) is 0 Å². The number of aromatic nitrogens is 1. The van der Waals surface area contributed by atoms with Gasteiger partial charge in [0.25, 0.3) is 0 Å². The molecule has 0 atom stereocenters. The first kappa shape index (κ1) is 11.3. The normalized spacial score (nSPS) is 12.1. The van der Waals surface area contributed by atoms with Gasteiger partial charge in [-0.2, -0.15) is 0 Å². The fraction of sp³-hybridized carbons (Fsp3) is 0.222. The largest absolute Gasteiger partial charge is 0.375 e. The summed E-state index contributed by atoms with van der Waals surface area (Å²) in [7, 11) is -3.40. The zero-order valence-corrected chi connectivity index (χ0v) is 10.2. The SMILES string of the molecule is CCNS(=O)(=O)c1ccc2nc(N)sc2c1. The summed E-state index contributed by atoms with van der Waals surface area (Å²) in [6.07, 6.45) is 0. The van der Waals surface area contributed by atoms with Crippen LogP contribution in [-0.2, 0) is 10.0 Å². The highest BCUT2D eigenvalue weighted by Crippen LogP contribution is 2.26. The molecule has 1 heterocycles. The molecule has 0 bridgehead atoms. The van der Waals surface area contributed by atoms with Crippen LogP contribution in [0.1, 0.15) is 6.92 Å². The van der Waals surface area contributed by atoms with Crippen molar-refractivity contribution in [3.05, 3.63) is 18.2 Å². The molecule has 3 N–H and O–H groups in total. The van der Waals surface area contributed by atoms with E-state index >= 15 is 0 Å². The molecule has 0 fully saturated rings. The molecule has 0 radical (unpaired) electrons. The van der Waals surface area contributed by atoms with Crippen molar-refractivity contribution < 1.29 is 8.42 Å². The summed E-state index contributed by atoms with van der Waals surface area (Å²) in [5.41, 5.74) is 6.27. The first-order chi connectivity index (χ1) is 7.53. The predicted octanol–water partition coefficient (Wildman–Crippen LogP) is 1.18. The molecule has 1 aromatic carbocycles. The lowest BCUT2D eigenvalue weighted by atomic mass is 10.3. The van der Waals surface area contributed by atoms with E-state index in [-0.39, 0.29) is 4.90 Å². The maximum Gasteiger partial charge on any atom is 0.240 e. The average Bonchev–Trinajstić information content (AvgIpc) is 2.56. The second kappa shape index (κ2) is 4.00. The Kier molecular flexibility index (Phi) is 2.83. The van der Waals surface area contributed by atoms with Crippen molar-refractivity contribution in [2.24, 2.45) is 0 Å². The van der Waals surface area contributed by atoms with Gasteiger partial charge < -0.3 is 5.73 Å². The van der Waals surface area contributed by atoms with Crippen molar-refractivity contribution in [3.8, 4) is 0 Å². The monoisotopic (exact) mass is 257 g/mol. The van der Waals surface area contributed by atoms with E-state index in [9.17, 15) is 8.42 Å². The lowest BCUT2D eigenvalue weighted by Crippen LogP contribution is -2.22. The molecule has 2 rings (SSSR count). The van der Waals surface area contributed by atoms with Crippen LogP contribution in [0.2, 0.25) is 0 Å². The van der Waals surface area contributed by atoms with E-state index in [1.165, 1.54) is 17.4 Å². The van der Waals surface area contributed by atoms with E-state index in [1.54, 1.807) is 19.1 Å². The minimum Gasteiger partial charge on any atom is -0.375 e. The zero-order chi connectivity index (χ0) is 11.8. The van der Waals surface area contributed by atoms with Crippen LogP contribution in [-0.4, -0.2) is 19.9 Å². The zero-order valence-electron chi connectivity index (χ0n) is 8.60. The van der Waals surface area contributed by atoms with Gasteiger partial charge >= 0.3 is 0 Å². The van der Waals surface area contributed by atoms with Crippen molar-refractivity contribution in [3.63, 3.8) is 0 Å². The molecule has 0 spiro atoms. The molecule has 86 valence electrons. The molecule has 0 aliphatic carbocycles. The van der Waals surface area contributed by atoms with Gasteiger partial charge in [-0.3, -0.25) is 0 Å². The van der Waals surface area contributed by atoms with Crippen molar-refractivity contribution >= 4 is 36.7 Å². The van der Waals surface area contributed by atoms with Crippen LogP contribution in [0.4, 0.5) is 5.13 Å². The van der Waals surface area contributed by atoms with Gasteiger partial charge in [-0.05, 0) is 18.2 Å². The molecule has 0 unspecified atom stereocenters. The Balaban J connectivity index is 2.54. The third-order valence-corrected chi connectivity index (χ3v) is 4.41. The first-order valence-corrected chi connectivity index (χ1v) is 6.98. The van der Waals surface area contributed by atoms with E-state index in [2.05, 4.69) is 9.71 Å². The van der Waals surface area contributed by atoms with Crippen LogP contribution in [0.5, 0.6) is 0 Å². The highest BCUT2D eigenvalue weighted by Gasteiger charge is 2.13. The molecule has 5 nitrogen and oxygen atoms in total. The average molecular weight is 257 g/mol. The Morgan fingerprint density at radius 2 is 2.25 bits per heavy atom. The highest BCUT2D eigenvalue weighted by molar-refractivity contribution is 7.89. The number of nitrogens with zero attached hydrogens (tertiary/aromatic N) is 1. The maximum absolute atomic E-state index is 11.7. The summed E-state index contributed by atoms with van der Waals surface area (Å²) in [5, 5.41) is 0.438. The molecule has 0 saturated carbocycles. The summed E-state index contributed by atoms with van der Waals surface area (Å²) in [6.45, 7) is 2.10. The van der Waals surface area contributed by atoms with Crippen LogP contribution in [0.3, 0.4) is 0 Å². The van der Waals surface area contributed by atoms with Crippen LogP contribution in [0, 0.1) is 0 Å². The van der Waals surface area contributed by atoms with Crippen molar-refractivity contribution in [2.45, 2.75) is 11.8 Å². The third kappa shape index (κ3) is 2.01. The van der Waals surface area contributed by atoms with Gasteiger partial charge in [-0.1, -0.05) is 18.3 Å². The number of sulfonamides is 1. The Morgan fingerprint density at radius 3 is 2.94 bits per heavy atom. The minimum absolute atomic E-state index is 0.241. The number of thiazole rings is 1. The Labute approximate surface area is 97.4 Å². The lowest BCUT2D eigenvalue weighted by Gasteiger charge is -2.03. The summed E-state index contributed by atoms with van der Waals surface area (Å²) in [6, 6.07) is 4.77. The molecule has 1 aromatic heterocycles. The summed E-state index contributed by atoms with van der Waals surface area (Å²) < 4.78 is 26.7. The second-order valence-corrected chi connectivity index (χ2v) is 6.01. The number of anilines is 1. The molecular formula is C9H11N3O2S2. The summed E-state index contributed by atoms with van der Waals surface area (Å²) in [5.74, 6) is 0. The van der Waals surface area contributed by atoms with E-state index in [4.69, 9.17) is 5.73 Å². The van der Waals surface area contributed by atoms with Crippen LogP contribution in [0.15, 0.2) is 23.1 Å². The molecule has 0 amide bonds. The van der Waals surface area contributed by atoms with Gasteiger partial charge in [0.2, 0.25) is 10.0 Å². The van der Waals surface area contributed by atoms with Crippen molar-refractivity contribution in [2.75, 3.05) is 12.3 Å². The molecular weight excluding hydrogens is 246 g/mol. The minimum atomic E-state index is -3.40. The second-order valence-electron chi connectivity index (χ2n) is 3.18. The number of fused-ring (bicyclic) bond motifs is 1. The Bertz CT molecular complexity index is 619. The number of nitrogens with one attached hydrogen (secondary N) is 1. The predicted molar refractivity (Wildman–Crippen MR) is 64.9 cm³/mol. The maximum atomic E-state index is 11.7. The van der Waals surface area contributed by atoms with E-state index in [0.717, 1.165) is 10.2 Å². The summed E-state index contributed by atoms with van der Waals surface area (Å²) in [4.78, 5) is 4.30. The molecule has 0 saturated heterocycles.